The second kappa shape index (κ2) is 6.22. The Labute approximate surface area is 141 Å². The van der Waals surface area contributed by atoms with Crippen LogP contribution in [-0.4, -0.2) is 29.5 Å². The van der Waals surface area contributed by atoms with Gasteiger partial charge in [-0.15, -0.1) is 0 Å². The number of anilines is 1. The number of halogens is 1. The highest BCUT2D eigenvalue weighted by atomic mass is 35.5. The second-order valence-corrected chi connectivity index (χ2v) is 6.51. The number of hydrogen-bond donors (Lipinski definition) is 1. The van der Waals surface area contributed by atoms with Crippen LogP contribution >= 0.6 is 11.6 Å². The van der Waals surface area contributed by atoms with Gasteiger partial charge in [-0.2, -0.15) is 0 Å². The Kier molecular flexibility index (Phi) is 3.93. The zero-order valence-corrected chi connectivity index (χ0v) is 13.6. The van der Waals surface area contributed by atoms with E-state index in [0.717, 1.165) is 43.3 Å². The molecular formula is C18H19ClN4. The largest absolute Gasteiger partial charge is 0.302 e. The van der Waals surface area contributed by atoms with E-state index in [1.54, 1.807) is 0 Å². The fourth-order valence-corrected chi connectivity index (χ4v) is 3.35. The summed E-state index contributed by atoms with van der Waals surface area (Å²) in [7, 11) is 0. The van der Waals surface area contributed by atoms with Gasteiger partial charge in [-0.25, -0.2) is 0 Å². The number of benzene rings is 1. The highest BCUT2D eigenvalue weighted by Crippen LogP contribution is 2.27. The minimum Gasteiger partial charge on any atom is -0.302 e. The van der Waals surface area contributed by atoms with Crippen molar-refractivity contribution in [3.05, 3.63) is 70.6 Å². The normalized spacial score (nSPS) is 18.0. The fourth-order valence-electron chi connectivity index (χ4n) is 3.23. The number of rotatable bonds is 3. The van der Waals surface area contributed by atoms with Crippen LogP contribution in [0.3, 0.4) is 0 Å². The molecule has 0 saturated heterocycles. The average Bonchev–Trinajstić information content (AvgIpc) is 3.00. The van der Waals surface area contributed by atoms with Crippen molar-refractivity contribution >= 4 is 17.3 Å². The van der Waals surface area contributed by atoms with Crippen molar-refractivity contribution in [3.8, 4) is 0 Å². The summed E-state index contributed by atoms with van der Waals surface area (Å²) in [6, 6.07) is 12.1. The predicted molar refractivity (Wildman–Crippen MR) is 93.1 cm³/mol. The molecule has 1 aromatic heterocycles. The van der Waals surface area contributed by atoms with Gasteiger partial charge >= 0.3 is 0 Å². The van der Waals surface area contributed by atoms with Gasteiger partial charge in [0.25, 0.3) is 0 Å². The van der Waals surface area contributed by atoms with E-state index in [9.17, 15) is 0 Å². The van der Waals surface area contributed by atoms with Crippen LogP contribution in [-0.2, 0) is 6.54 Å². The van der Waals surface area contributed by atoms with Crippen molar-refractivity contribution < 1.29 is 0 Å². The zero-order chi connectivity index (χ0) is 15.6. The number of hydrazine groups is 1. The fraction of sp³-hybridized carbons (Fsp3) is 0.278. The van der Waals surface area contributed by atoms with Crippen molar-refractivity contribution in [2.45, 2.75) is 13.0 Å². The van der Waals surface area contributed by atoms with Crippen LogP contribution < -0.4 is 10.4 Å². The topological polar surface area (TPSA) is 31.4 Å². The molecule has 2 aliphatic rings. The van der Waals surface area contributed by atoms with Gasteiger partial charge in [0.05, 0.1) is 12.2 Å². The molecule has 0 bridgehead atoms. The molecule has 0 saturated carbocycles. The predicted octanol–water partition coefficient (Wildman–Crippen LogP) is 3.22. The van der Waals surface area contributed by atoms with E-state index in [1.165, 1.54) is 16.8 Å². The first-order chi connectivity index (χ1) is 11.3. The van der Waals surface area contributed by atoms with Gasteiger partial charge in [-0.05, 0) is 41.5 Å². The third-order valence-corrected chi connectivity index (χ3v) is 4.66. The SMILES string of the molecule is Clc1ccc(N2CC3=C(CCN(Cc4cccnc4)C3)N2)cc1. The van der Waals surface area contributed by atoms with E-state index >= 15 is 0 Å². The smallest absolute Gasteiger partial charge is 0.0637 e. The summed E-state index contributed by atoms with van der Waals surface area (Å²) in [5, 5.41) is 2.97. The minimum atomic E-state index is 0.772. The highest BCUT2D eigenvalue weighted by Gasteiger charge is 2.27. The van der Waals surface area contributed by atoms with Crippen molar-refractivity contribution in [2.24, 2.45) is 0 Å². The second-order valence-electron chi connectivity index (χ2n) is 6.08. The molecule has 0 amide bonds. The first-order valence-corrected chi connectivity index (χ1v) is 8.28. The lowest BCUT2D eigenvalue weighted by Gasteiger charge is -2.27. The number of aromatic nitrogens is 1. The van der Waals surface area contributed by atoms with E-state index in [0.29, 0.717) is 0 Å². The van der Waals surface area contributed by atoms with Gasteiger partial charge in [-0.3, -0.25) is 14.9 Å². The molecule has 0 fully saturated rings. The lowest BCUT2D eigenvalue weighted by Crippen LogP contribution is -2.33. The first kappa shape index (κ1) is 14.5. The molecule has 0 unspecified atom stereocenters. The number of nitrogens with zero attached hydrogens (tertiary/aromatic N) is 3. The van der Waals surface area contributed by atoms with Crippen molar-refractivity contribution in [2.75, 3.05) is 24.6 Å². The molecular weight excluding hydrogens is 308 g/mol. The van der Waals surface area contributed by atoms with E-state index in [4.69, 9.17) is 11.6 Å². The maximum atomic E-state index is 5.98. The molecule has 1 N–H and O–H groups in total. The third kappa shape index (κ3) is 3.19. The standard InChI is InChI=1S/C18H19ClN4/c19-16-3-5-17(6-4-16)23-13-15-12-22(9-7-18(15)21-23)11-14-2-1-8-20-10-14/h1-6,8,10,21H,7,9,11-13H2. The van der Waals surface area contributed by atoms with Gasteiger partial charge in [0.15, 0.2) is 0 Å². The van der Waals surface area contributed by atoms with Crippen LogP contribution in [0.25, 0.3) is 0 Å². The summed E-state index contributed by atoms with van der Waals surface area (Å²) in [5.41, 5.74) is 8.83. The molecule has 0 aliphatic carbocycles. The van der Waals surface area contributed by atoms with Crippen LogP contribution in [0.15, 0.2) is 60.1 Å². The summed E-state index contributed by atoms with van der Waals surface area (Å²) in [4.78, 5) is 6.69. The molecule has 0 atom stereocenters. The molecule has 3 heterocycles. The third-order valence-electron chi connectivity index (χ3n) is 4.41. The van der Waals surface area contributed by atoms with Gasteiger partial charge < -0.3 is 5.43 Å². The quantitative estimate of drug-likeness (QED) is 0.938. The van der Waals surface area contributed by atoms with E-state index in [-0.39, 0.29) is 0 Å². The molecule has 2 aromatic rings. The van der Waals surface area contributed by atoms with E-state index in [2.05, 4.69) is 38.5 Å². The first-order valence-electron chi connectivity index (χ1n) is 7.90. The van der Waals surface area contributed by atoms with Gasteiger partial charge in [0.1, 0.15) is 0 Å². The molecule has 0 radical (unpaired) electrons. The molecule has 1 aromatic carbocycles. The van der Waals surface area contributed by atoms with Gasteiger partial charge in [-0.1, -0.05) is 17.7 Å². The zero-order valence-electron chi connectivity index (χ0n) is 12.9. The highest BCUT2D eigenvalue weighted by molar-refractivity contribution is 6.30. The maximum absolute atomic E-state index is 5.98. The molecule has 118 valence electrons. The molecule has 4 rings (SSSR count). The molecule has 0 spiro atoms. The minimum absolute atomic E-state index is 0.772. The lowest BCUT2D eigenvalue weighted by molar-refractivity contribution is 0.277. The molecule has 4 nitrogen and oxygen atoms in total. The van der Waals surface area contributed by atoms with Gasteiger partial charge in [0, 0.05) is 49.2 Å². The van der Waals surface area contributed by atoms with Crippen LogP contribution in [0.2, 0.25) is 5.02 Å². The van der Waals surface area contributed by atoms with Crippen LogP contribution in [0.5, 0.6) is 0 Å². The Hall–Kier alpha value is -2.04. The van der Waals surface area contributed by atoms with Crippen molar-refractivity contribution in [3.63, 3.8) is 0 Å². The summed E-state index contributed by atoms with van der Waals surface area (Å²) < 4.78 is 0. The summed E-state index contributed by atoms with van der Waals surface area (Å²) >= 11 is 5.98. The molecule has 23 heavy (non-hydrogen) atoms. The number of hydrogen-bond acceptors (Lipinski definition) is 4. The van der Waals surface area contributed by atoms with E-state index in [1.807, 2.05) is 30.6 Å². The summed E-state index contributed by atoms with van der Waals surface area (Å²) in [6.45, 7) is 3.99. The van der Waals surface area contributed by atoms with Crippen molar-refractivity contribution in [1.29, 1.82) is 0 Å². The molecule has 2 aliphatic heterocycles. The summed E-state index contributed by atoms with van der Waals surface area (Å²) in [6.07, 6.45) is 4.85. The Morgan fingerprint density at radius 1 is 1.13 bits per heavy atom. The lowest BCUT2D eigenvalue weighted by atomic mass is 10.1. The maximum Gasteiger partial charge on any atom is 0.0637 e. The van der Waals surface area contributed by atoms with Crippen LogP contribution in [0, 0.1) is 0 Å². The Morgan fingerprint density at radius 2 is 2.00 bits per heavy atom. The van der Waals surface area contributed by atoms with Crippen LogP contribution in [0.4, 0.5) is 5.69 Å². The Balaban J connectivity index is 1.41. The van der Waals surface area contributed by atoms with Crippen LogP contribution in [0.1, 0.15) is 12.0 Å². The Morgan fingerprint density at radius 3 is 2.78 bits per heavy atom. The van der Waals surface area contributed by atoms with Crippen molar-refractivity contribution in [1.82, 2.24) is 15.3 Å². The summed E-state index contributed by atoms with van der Waals surface area (Å²) in [5.74, 6) is 0. The molecule has 5 heteroatoms. The number of pyridine rings is 1. The average molecular weight is 327 g/mol. The number of nitrogens with one attached hydrogen (secondary N) is 1. The monoisotopic (exact) mass is 326 g/mol. The van der Waals surface area contributed by atoms with E-state index < -0.39 is 0 Å². The van der Waals surface area contributed by atoms with Gasteiger partial charge in [0.2, 0.25) is 0 Å². The Bertz CT molecular complexity index is 712.